The zero-order valence-electron chi connectivity index (χ0n) is 18.2. The van der Waals surface area contributed by atoms with Gasteiger partial charge in [0.15, 0.2) is 0 Å². The van der Waals surface area contributed by atoms with Gasteiger partial charge < -0.3 is 9.47 Å². The fourth-order valence-corrected chi connectivity index (χ4v) is 5.99. The highest BCUT2D eigenvalue weighted by Crippen LogP contribution is 2.37. The summed E-state index contributed by atoms with van der Waals surface area (Å²) in [6, 6.07) is 1.17. The van der Waals surface area contributed by atoms with Crippen molar-refractivity contribution in [3.8, 4) is 5.88 Å². The lowest BCUT2D eigenvalue weighted by Crippen LogP contribution is -2.33. The summed E-state index contributed by atoms with van der Waals surface area (Å²) < 4.78 is 41.1. The summed E-state index contributed by atoms with van der Waals surface area (Å²) in [5.41, 5.74) is 1.70. The van der Waals surface area contributed by atoms with Crippen molar-refractivity contribution < 1.29 is 22.7 Å². The largest absolute Gasteiger partial charge is 0.474 e. The van der Waals surface area contributed by atoms with Gasteiger partial charge in [0.25, 0.3) is 0 Å². The Balaban J connectivity index is 1.55. The van der Waals surface area contributed by atoms with Crippen molar-refractivity contribution >= 4 is 31.9 Å². The van der Waals surface area contributed by atoms with Gasteiger partial charge in [0.1, 0.15) is 17.5 Å². The molecule has 32 heavy (non-hydrogen) atoms. The summed E-state index contributed by atoms with van der Waals surface area (Å²) in [6.07, 6.45) is 8.48. The number of hydrogen-bond donors (Lipinski definition) is 0. The Morgan fingerprint density at radius 3 is 2.72 bits per heavy atom. The molecule has 2 aromatic heterocycles. The molecule has 1 fully saturated rings. The topological polar surface area (TPSA) is 104 Å². The van der Waals surface area contributed by atoms with Gasteiger partial charge in [-0.25, -0.2) is 13.4 Å². The van der Waals surface area contributed by atoms with E-state index in [0.717, 1.165) is 43.4 Å². The van der Waals surface area contributed by atoms with Gasteiger partial charge in [-0.3, -0.25) is 9.48 Å². The van der Waals surface area contributed by atoms with E-state index in [1.165, 1.54) is 10.5 Å². The Bertz CT molecular complexity index is 1100. The van der Waals surface area contributed by atoms with Crippen LogP contribution in [0.25, 0.3) is 0 Å². The van der Waals surface area contributed by atoms with E-state index in [9.17, 15) is 13.2 Å². The van der Waals surface area contributed by atoms with Crippen molar-refractivity contribution in [3.05, 3.63) is 34.2 Å². The highest BCUT2D eigenvalue weighted by molar-refractivity contribution is 9.10. The molecule has 4 rings (SSSR count). The first-order chi connectivity index (χ1) is 15.3. The van der Waals surface area contributed by atoms with Crippen LogP contribution in [0.5, 0.6) is 5.88 Å². The van der Waals surface area contributed by atoms with Crippen molar-refractivity contribution in [1.82, 2.24) is 19.1 Å². The molecule has 2 heterocycles. The van der Waals surface area contributed by atoms with E-state index in [2.05, 4.69) is 26.0 Å². The van der Waals surface area contributed by atoms with Gasteiger partial charge in [-0.2, -0.15) is 9.40 Å². The van der Waals surface area contributed by atoms with Crippen LogP contribution in [-0.4, -0.2) is 53.2 Å². The number of ether oxygens (including phenoxy) is 2. The number of carbonyl (C=O) groups excluding carboxylic acids is 1. The number of carbonyl (C=O) groups is 1. The first kappa shape index (κ1) is 23.2. The maximum atomic E-state index is 13.4. The number of esters is 1. The minimum Gasteiger partial charge on any atom is -0.474 e. The third-order valence-corrected chi connectivity index (χ3v) is 8.44. The molecule has 11 heteroatoms. The maximum Gasteiger partial charge on any atom is 0.327 e. The monoisotopic (exact) mass is 526 g/mol. The minimum atomic E-state index is -3.81. The van der Waals surface area contributed by atoms with Crippen LogP contribution in [0.3, 0.4) is 0 Å². The zero-order chi connectivity index (χ0) is 22.9. The van der Waals surface area contributed by atoms with Gasteiger partial charge in [0.05, 0.1) is 29.5 Å². The molecule has 0 aromatic carbocycles. The molecule has 0 saturated heterocycles. The third-order valence-electron chi connectivity index (χ3n) is 6.04. The standard InChI is InChI=1S/C21H27BrN4O5S/c1-3-30-20(27)13-26-19-9-5-8-18(16(19)12-24-26)25(2)32(28,29)15-10-17(22)21(23-11-15)31-14-6-4-7-14/h10-12,14,18H,3-9,13H2,1-2H3/t18-/m1/s1. The summed E-state index contributed by atoms with van der Waals surface area (Å²) in [5, 5.41) is 4.33. The normalized spacial score (nSPS) is 18.8. The summed E-state index contributed by atoms with van der Waals surface area (Å²) in [6.45, 7) is 2.08. The van der Waals surface area contributed by atoms with Crippen molar-refractivity contribution in [2.75, 3.05) is 13.7 Å². The van der Waals surface area contributed by atoms with Crippen LogP contribution in [0.1, 0.15) is 56.3 Å². The Kier molecular flexibility index (Phi) is 6.87. The molecule has 0 amide bonds. The van der Waals surface area contributed by atoms with E-state index in [-0.39, 0.29) is 29.6 Å². The van der Waals surface area contributed by atoms with Crippen molar-refractivity contribution in [2.24, 2.45) is 0 Å². The van der Waals surface area contributed by atoms with Gasteiger partial charge in [-0.05, 0) is 67.4 Å². The predicted octanol–water partition coefficient (Wildman–Crippen LogP) is 3.23. The van der Waals surface area contributed by atoms with Crippen molar-refractivity contribution in [3.63, 3.8) is 0 Å². The van der Waals surface area contributed by atoms with Crippen LogP contribution in [0.2, 0.25) is 0 Å². The second-order valence-corrected chi connectivity index (χ2v) is 10.9. The quantitative estimate of drug-likeness (QED) is 0.486. The van der Waals surface area contributed by atoms with Gasteiger partial charge in [-0.15, -0.1) is 0 Å². The second-order valence-electron chi connectivity index (χ2n) is 8.07. The van der Waals surface area contributed by atoms with E-state index in [1.54, 1.807) is 30.9 Å². The van der Waals surface area contributed by atoms with Crippen LogP contribution in [0.4, 0.5) is 0 Å². The molecule has 1 saturated carbocycles. The van der Waals surface area contributed by atoms with Gasteiger partial charge in [0, 0.05) is 18.3 Å². The predicted molar refractivity (Wildman–Crippen MR) is 120 cm³/mol. The average Bonchev–Trinajstić information content (AvgIpc) is 3.14. The average molecular weight is 527 g/mol. The molecule has 0 unspecified atom stereocenters. The van der Waals surface area contributed by atoms with Crippen molar-refractivity contribution in [2.45, 2.75) is 69.0 Å². The molecule has 2 aliphatic rings. The van der Waals surface area contributed by atoms with Crippen molar-refractivity contribution in [1.29, 1.82) is 0 Å². The Morgan fingerprint density at radius 2 is 2.06 bits per heavy atom. The van der Waals surface area contributed by atoms with E-state index in [0.29, 0.717) is 23.4 Å². The number of halogens is 1. The number of nitrogens with zero attached hydrogens (tertiary/aromatic N) is 4. The van der Waals surface area contributed by atoms with Gasteiger partial charge in [-0.1, -0.05) is 0 Å². The maximum absolute atomic E-state index is 13.4. The Labute approximate surface area is 196 Å². The third kappa shape index (κ3) is 4.55. The minimum absolute atomic E-state index is 0.0195. The first-order valence-electron chi connectivity index (χ1n) is 10.8. The summed E-state index contributed by atoms with van der Waals surface area (Å²) in [7, 11) is -2.23. The van der Waals surface area contributed by atoms with Crippen LogP contribution in [0.15, 0.2) is 27.8 Å². The number of aromatic nitrogens is 3. The number of pyridine rings is 1. The second kappa shape index (κ2) is 9.48. The highest BCUT2D eigenvalue weighted by Gasteiger charge is 2.35. The summed E-state index contributed by atoms with van der Waals surface area (Å²) in [5.74, 6) is 0.0538. The van der Waals surface area contributed by atoms with Crippen LogP contribution in [0, 0.1) is 0 Å². The van der Waals surface area contributed by atoms with Crippen LogP contribution in [-0.2, 0) is 32.5 Å². The highest BCUT2D eigenvalue weighted by atomic mass is 79.9. The molecule has 9 nitrogen and oxygen atoms in total. The number of hydrogen-bond acceptors (Lipinski definition) is 7. The molecule has 0 bridgehead atoms. The number of sulfonamides is 1. The lowest BCUT2D eigenvalue weighted by atomic mass is 9.93. The summed E-state index contributed by atoms with van der Waals surface area (Å²) >= 11 is 3.40. The van der Waals surface area contributed by atoms with E-state index in [4.69, 9.17) is 9.47 Å². The molecule has 0 radical (unpaired) electrons. The SMILES string of the molecule is CCOC(=O)Cn1ncc2c1CCC[C@H]2N(C)S(=O)(=O)c1cnc(OC2CCC2)c(Br)c1. The first-order valence-corrected chi connectivity index (χ1v) is 13.0. The Morgan fingerprint density at radius 1 is 1.28 bits per heavy atom. The molecule has 0 aliphatic heterocycles. The fraction of sp³-hybridized carbons (Fsp3) is 0.571. The molecule has 2 aromatic rings. The van der Waals surface area contributed by atoms with Gasteiger partial charge in [0.2, 0.25) is 15.9 Å². The number of fused-ring (bicyclic) bond motifs is 1. The lowest BCUT2D eigenvalue weighted by Gasteiger charge is -2.31. The lowest BCUT2D eigenvalue weighted by molar-refractivity contribution is -0.144. The van der Waals surface area contributed by atoms with E-state index < -0.39 is 10.0 Å². The summed E-state index contributed by atoms with van der Waals surface area (Å²) in [4.78, 5) is 16.2. The fourth-order valence-electron chi connectivity index (χ4n) is 4.05. The zero-order valence-corrected chi connectivity index (χ0v) is 20.6. The molecule has 2 aliphatic carbocycles. The smallest absolute Gasteiger partial charge is 0.327 e. The molecule has 0 N–H and O–H groups in total. The van der Waals surface area contributed by atoms with E-state index >= 15 is 0 Å². The van der Waals surface area contributed by atoms with Crippen LogP contribution < -0.4 is 4.74 Å². The Hall–Kier alpha value is -1.98. The molecule has 0 spiro atoms. The molecular formula is C21H27BrN4O5S. The van der Waals surface area contributed by atoms with Crippen LogP contribution >= 0.6 is 15.9 Å². The molecular weight excluding hydrogens is 500 g/mol. The van der Waals surface area contributed by atoms with E-state index in [1.807, 2.05) is 0 Å². The van der Waals surface area contributed by atoms with Gasteiger partial charge >= 0.3 is 5.97 Å². The molecule has 1 atom stereocenters. The molecule has 174 valence electrons. The number of rotatable bonds is 8.